The molecule has 2 unspecified atom stereocenters. The third-order valence-corrected chi connectivity index (χ3v) is 2.70. The fourth-order valence-corrected chi connectivity index (χ4v) is 1.69. The minimum Gasteiger partial charge on any atom is -0.317 e. The van der Waals surface area contributed by atoms with Crippen molar-refractivity contribution in [2.45, 2.75) is 53.0 Å². The zero-order valence-electron chi connectivity index (χ0n) is 9.35. The van der Waals surface area contributed by atoms with Gasteiger partial charge < -0.3 is 5.32 Å². The monoisotopic (exact) mass is 171 g/mol. The first kappa shape index (κ1) is 12.0. The number of nitrogens with one attached hydrogen (secondary N) is 1. The second kappa shape index (κ2) is 6.47. The van der Waals surface area contributed by atoms with Gasteiger partial charge in [0.05, 0.1) is 0 Å². The smallest absolute Gasteiger partial charge is 0.00870 e. The van der Waals surface area contributed by atoms with Crippen LogP contribution in [0, 0.1) is 11.8 Å². The van der Waals surface area contributed by atoms with E-state index in [1.807, 2.05) is 0 Å². The lowest BCUT2D eigenvalue weighted by atomic mass is 9.92. The number of rotatable bonds is 6. The van der Waals surface area contributed by atoms with Gasteiger partial charge in [-0.1, -0.05) is 34.1 Å². The minimum absolute atomic E-state index is 0.712. The van der Waals surface area contributed by atoms with Crippen LogP contribution in [0.25, 0.3) is 0 Å². The van der Waals surface area contributed by atoms with Crippen LogP contribution in [0.3, 0.4) is 0 Å². The van der Waals surface area contributed by atoms with Gasteiger partial charge in [0.25, 0.3) is 0 Å². The third-order valence-electron chi connectivity index (χ3n) is 2.70. The molecule has 0 aliphatic rings. The Bertz CT molecular complexity index is 95.2. The summed E-state index contributed by atoms with van der Waals surface area (Å²) in [6.07, 6.45) is 3.96. The van der Waals surface area contributed by atoms with Crippen LogP contribution in [0.5, 0.6) is 0 Å². The van der Waals surface area contributed by atoms with Crippen molar-refractivity contribution in [1.29, 1.82) is 0 Å². The van der Waals surface area contributed by atoms with Gasteiger partial charge in [-0.05, 0) is 31.7 Å². The molecule has 0 rings (SSSR count). The maximum Gasteiger partial charge on any atom is 0.00870 e. The molecule has 12 heavy (non-hydrogen) atoms. The van der Waals surface area contributed by atoms with Gasteiger partial charge in [0.15, 0.2) is 0 Å². The molecule has 0 amide bonds. The molecule has 1 N–H and O–H groups in total. The van der Waals surface area contributed by atoms with E-state index in [1.165, 1.54) is 19.3 Å². The van der Waals surface area contributed by atoms with Crippen LogP contribution in [0.15, 0.2) is 0 Å². The van der Waals surface area contributed by atoms with Crippen LogP contribution in [-0.4, -0.2) is 13.1 Å². The summed E-state index contributed by atoms with van der Waals surface area (Å²) in [7, 11) is 2.07. The summed E-state index contributed by atoms with van der Waals surface area (Å²) in [5, 5.41) is 3.38. The van der Waals surface area contributed by atoms with Gasteiger partial charge >= 0.3 is 0 Å². The highest BCUT2D eigenvalue weighted by Gasteiger charge is 2.12. The molecule has 0 aromatic carbocycles. The van der Waals surface area contributed by atoms with Crippen molar-refractivity contribution >= 4 is 0 Å². The quantitative estimate of drug-likeness (QED) is 0.647. The second-order valence-electron chi connectivity index (χ2n) is 4.25. The summed E-state index contributed by atoms with van der Waals surface area (Å²) in [5.41, 5.74) is 0. The van der Waals surface area contributed by atoms with Crippen LogP contribution < -0.4 is 5.32 Å². The van der Waals surface area contributed by atoms with E-state index in [1.54, 1.807) is 0 Å². The summed E-state index contributed by atoms with van der Waals surface area (Å²) in [6.45, 7) is 9.21. The standard InChI is InChI=1S/C11H25N/c1-6-11(12-5)10(4)8-7-9(2)3/h9-12H,6-8H2,1-5H3. The zero-order chi connectivity index (χ0) is 9.56. The predicted molar refractivity (Wildman–Crippen MR) is 56.4 cm³/mol. The van der Waals surface area contributed by atoms with Crippen molar-refractivity contribution < 1.29 is 0 Å². The average Bonchev–Trinajstić information content (AvgIpc) is 2.03. The Morgan fingerprint density at radius 2 is 1.67 bits per heavy atom. The SMILES string of the molecule is CCC(NC)C(C)CCC(C)C. The Kier molecular flexibility index (Phi) is 6.45. The molecule has 0 aliphatic heterocycles. The highest BCUT2D eigenvalue weighted by molar-refractivity contribution is 4.70. The van der Waals surface area contributed by atoms with Gasteiger partial charge in [-0.25, -0.2) is 0 Å². The molecular weight excluding hydrogens is 146 g/mol. The molecule has 0 aromatic rings. The van der Waals surface area contributed by atoms with E-state index in [2.05, 4.69) is 40.1 Å². The van der Waals surface area contributed by atoms with Gasteiger partial charge in [-0.3, -0.25) is 0 Å². The third kappa shape index (κ3) is 4.76. The Morgan fingerprint density at radius 1 is 1.08 bits per heavy atom. The summed E-state index contributed by atoms with van der Waals surface area (Å²) in [4.78, 5) is 0. The molecule has 0 heterocycles. The fraction of sp³-hybridized carbons (Fsp3) is 1.00. The van der Waals surface area contributed by atoms with Gasteiger partial charge in [-0.2, -0.15) is 0 Å². The van der Waals surface area contributed by atoms with Crippen LogP contribution in [0.1, 0.15) is 47.0 Å². The largest absolute Gasteiger partial charge is 0.317 e. The fourth-order valence-electron chi connectivity index (χ4n) is 1.69. The molecular formula is C11H25N. The Balaban J connectivity index is 3.61. The second-order valence-corrected chi connectivity index (χ2v) is 4.25. The van der Waals surface area contributed by atoms with Crippen molar-refractivity contribution in [3.8, 4) is 0 Å². The Hall–Kier alpha value is -0.0400. The van der Waals surface area contributed by atoms with Gasteiger partial charge in [0.2, 0.25) is 0 Å². The van der Waals surface area contributed by atoms with E-state index >= 15 is 0 Å². The summed E-state index contributed by atoms with van der Waals surface area (Å²) < 4.78 is 0. The Labute approximate surface area is 77.9 Å². The van der Waals surface area contributed by atoms with E-state index in [4.69, 9.17) is 0 Å². The predicted octanol–water partition coefficient (Wildman–Crippen LogP) is 3.06. The maximum atomic E-state index is 3.38. The molecule has 0 spiro atoms. The first-order valence-corrected chi connectivity index (χ1v) is 5.29. The highest BCUT2D eigenvalue weighted by Crippen LogP contribution is 2.16. The molecule has 0 fully saturated rings. The molecule has 1 nitrogen and oxygen atoms in total. The Morgan fingerprint density at radius 3 is 2.00 bits per heavy atom. The van der Waals surface area contributed by atoms with Crippen molar-refractivity contribution in [2.75, 3.05) is 7.05 Å². The van der Waals surface area contributed by atoms with Crippen LogP contribution in [0.4, 0.5) is 0 Å². The lowest BCUT2D eigenvalue weighted by Crippen LogP contribution is -2.31. The van der Waals surface area contributed by atoms with Crippen molar-refractivity contribution in [3.63, 3.8) is 0 Å². The van der Waals surface area contributed by atoms with Crippen LogP contribution >= 0.6 is 0 Å². The summed E-state index contributed by atoms with van der Waals surface area (Å²) >= 11 is 0. The van der Waals surface area contributed by atoms with E-state index in [-0.39, 0.29) is 0 Å². The number of hydrogen-bond donors (Lipinski definition) is 1. The molecule has 0 aromatic heterocycles. The molecule has 0 bridgehead atoms. The lowest BCUT2D eigenvalue weighted by molar-refractivity contribution is 0.342. The van der Waals surface area contributed by atoms with E-state index in [9.17, 15) is 0 Å². The van der Waals surface area contributed by atoms with Gasteiger partial charge in [0, 0.05) is 6.04 Å². The van der Waals surface area contributed by atoms with Crippen LogP contribution in [-0.2, 0) is 0 Å². The lowest BCUT2D eigenvalue weighted by Gasteiger charge is -2.22. The molecule has 0 aliphatic carbocycles. The molecule has 1 heteroatoms. The molecule has 74 valence electrons. The van der Waals surface area contributed by atoms with E-state index < -0.39 is 0 Å². The average molecular weight is 171 g/mol. The van der Waals surface area contributed by atoms with E-state index in [0.717, 1.165) is 11.8 Å². The molecule has 2 atom stereocenters. The highest BCUT2D eigenvalue weighted by atomic mass is 14.9. The molecule has 0 radical (unpaired) electrons. The maximum absolute atomic E-state index is 3.38. The topological polar surface area (TPSA) is 12.0 Å². The number of hydrogen-bond acceptors (Lipinski definition) is 1. The zero-order valence-corrected chi connectivity index (χ0v) is 9.35. The van der Waals surface area contributed by atoms with E-state index in [0.29, 0.717) is 6.04 Å². The first-order chi connectivity index (χ1) is 5.61. The summed E-state index contributed by atoms with van der Waals surface area (Å²) in [5.74, 6) is 1.67. The first-order valence-electron chi connectivity index (χ1n) is 5.29. The van der Waals surface area contributed by atoms with Crippen molar-refractivity contribution in [3.05, 3.63) is 0 Å². The minimum atomic E-state index is 0.712. The van der Waals surface area contributed by atoms with Crippen LogP contribution in [0.2, 0.25) is 0 Å². The molecule has 0 saturated carbocycles. The van der Waals surface area contributed by atoms with Crippen molar-refractivity contribution in [1.82, 2.24) is 5.32 Å². The van der Waals surface area contributed by atoms with Gasteiger partial charge in [-0.15, -0.1) is 0 Å². The summed E-state index contributed by atoms with van der Waals surface area (Å²) in [6, 6.07) is 0.712. The van der Waals surface area contributed by atoms with Gasteiger partial charge in [0.1, 0.15) is 0 Å². The molecule has 0 saturated heterocycles. The van der Waals surface area contributed by atoms with Crippen molar-refractivity contribution in [2.24, 2.45) is 11.8 Å². The normalized spacial score (nSPS) is 16.5.